The molecule has 2 aromatic carbocycles. The Labute approximate surface area is 132 Å². The number of benzene rings is 2. The fourth-order valence-corrected chi connectivity index (χ4v) is 2.95. The van der Waals surface area contributed by atoms with Gasteiger partial charge in [0.15, 0.2) is 0 Å². The molecule has 4 heteroatoms. The molecule has 0 saturated carbocycles. The van der Waals surface area contributed by atoms with E-state index in [4.69, 9.17) is 9.72 Å². The molecule has 0 aliphatic rings. The molecular formula is C17H17BrN2O. The number of hydrogen-bond acceptors (Lipinski definition) is 2. The summed E-state index contributed by atoms with van der Waals surface area (Å²) in [5, 5.41) is 0. The summed E-state index contributed by atoms with van der Waals surface area (Å²) in [5.74, 6) is 2.01. The third-order valence-electron chi connectivity index (χ3n) is 3.63. The Bertz CT molecular complexity index is 780. The summed E-state index contributed by atoms with van der Waals surface area (Å²) in [6.45, 7) is 2.90. The molecule has 0 bridgehead atoms. The number of hydrogen-bond donors (Lipinski definition) is 0. The highest BCUT2D eigenvalue weighted by molar-refractivity contribution is 9.10. The second-order valence-corrected chi connectivity index (χ2v) is 5.83. The van der Waals surface area contributed by atoms with Crippen molar-refractivity contribution in [1.29, 1.82) is 0 Å². The number of methoxy groups -OCH3 is 1. The van der Waals surface area contributed by atoms with Crippen LogP contribution < -0.4 is 4.74 Å². The summed E-state index contributed by atoms with van der Waals surface area (Å²) >= 11 is 3.51. The maximum absolute atomic E-state index is 5.46. The van der Waals surface area contributed by atoms with Gasteiger partial charge in [0.2, 0.25) is 0 Å². The van der Waals surface area contributed by atoms with Gasteiger partial charge in [-0.1, -0.05) is 41.1 Å². The minimum absolute atomic E-state index is 0.769. The normalized spacial score (nSPS) is 11.0. The van der Waals surface area contributed by atoms with E-state index in [-0.39, 0.29) is 0 Å². The van der Waals surface area contributed by atoms with Gasteiger partial charge >= 0.3 is 0 Å². The van der Waals surface area contributed by atoms with Gasteiger partial charge in [0, 0.05) is 16.5 Å². The second-order valence-electron chi connectivity index (χ2n) is 4.91. The van der Waals surface area contributed by atoms with Crippen LogP contribution in [0.5, 0.6) is 5.75 Å². The summed E-state index contributed by atoms with van der Waals surface area (Å²) in [6, 6.07) is 14.4. The van der Waals surface area contributed by atoms with Gasteiger partial charge in [0.25, 0.3) is 0 Å². The lowest BCUT2D eigenvalue weighted by Crippen LogP contribution is -2.05. The van der Waals surface area contributed by atoms with Gasteiger partial charge in [-0.25, -0.2) is 4.98 Å². The van der Waals surface area contributed by atoms with Crippen LogP contribution in [-0.4, -0.2) is 16.7 Å². The van der Waals surface area contributed by atoms with E-state index in [9.17, 15) is 0 Å². The number of para-hydroxylation sites is 1. The van der Waals surface area contributed by atoms with E-state index in [0.717, 1.165) is 45.6 Å². The number of rotatable bonds is 4. The molecule has 0 radical (unpaired) electrons. The van der Waals surface area contributed by atoms with Crippen LogP contribution in [0.25, 0.3) is 11.0 Å². The van der Waals surface area contributed by atoms with Crippen molar-refractivity contribution < 1.29 is 4.74 Å². The highest BCUT2D eigenvalue weighted by Crippen LogP contribution is 2.25. The van der Waals surface area contributed by atoms with E-state index in [1.54, 1.807) is 7.11 Å². The molecule has 0 aliphatic carbocycles. The molecule has 0 N–H and O–H groups in total. The number of imidazole rings is 1. The average molecular weight is 345 g/mol. The van der Waals surface area contributed by atoms with Crippen molar-refractivity contribution in [1.82, 2.24) is 9.55 Å². The third-order valence-corrected chi connectivity index (χ3v) is 4.12. The number of fused-ring (bicyclic) bond motifs is 1. The molecule has 0 spiro atoms. The highest BCUT2D eigenvalue weighted by atomic mass is 79.9. The predicted molar refractivity (Wildman–Crippen MR) is 88.9 cm³/mol. The highest BCUT2D eigenvalue weighted by Gasteiger charge is 2.12. The zero-order chi connectivity index (χ0) is 14.8. The topological polar surface area (TPSA) is 27.1 Å². The Morgan fingerprint density at radius 3 is 2.76 bits per heavy atom. The maximum atomic E-state index is 5.46. The first-order chi connectivity index (χ1) is 10.2. The Morgan fingerprint density at radius 2 is 2.00 bits per heavy atom. The van der Waals surface area contributed by atoms with Gasteiger partial charge < -0.3 is 9.30 Å². The molecule has 21 heavy (non-hydrogen) atoms. The first kappa shape index (κ1) is 14.1. The maximum Gasteiger partial charge on any atom is 0.123 e. The molecule has 3 rings (SSSR count). The van der Waals surface area contributed by atoms with Gasteiger partial charge in [0.1, 0.15) is 11.6 Å². The average Bonchev–Trinajstić information content (AvgIpc) is 2.84. The molecule has 0 saturated heterocycles. The van der Waals surface area contributed by atoms with Crippen molar-refractivity contribution >= 4 is 27.0 Å². The van der Waals surface area contributed by atoms with Crippen molar-refractivity contribution in [3.05, 3.63) is 58.3 Å². The van der Waals surface area contributed by atoms with Crippen molar-refractivity contribution in [2.75, 3.05) is 7.11 Å². The quantitative estimate of drug-likeness (QED) is 0.700. The summed E-state index contributed by atoms with van der Waals surface area (Å²) in [5.41, 5.74) is 3.34. The third kappa shape index (κ3) is 2.68. The molecule has 0 unspecified atom stereocenters. The molecule has 3 nitrogen and oxygen atoms in total. The fraction of sp³-hybridized carbons (Fsp3) is 0.235. The van der Waals surface area contributed by atoms with Gasteiger partial charge in [0.05, 0.1) is 24.7 Å². The minimum atomic E-state index is 0.769. The van der Waals surface area contributed by atoms with Crippen LogP contribution >= 0.6 is 15.9 Å². The lowest BCUT2D eigenvalue weighted by molar-refractivity contribution is 0.408. The lowest BCUT2D eigenvalue weighted by atomic mass is 10.2. The summed E-state index contributed by atoms with van der Waals surface area (Å²) in [4.78, 5) is 4.74. The molecule has 108 valence electrons. The fourth-order valence-electron chi connectivity index (χ4n) is 2.60. The minimum Gasteiger partial charge on any atom is -0.496 e. The van der Waals surface area contributed by atoms with Crippen molar-refractivity contribution in [3.63, 3.8) is 0 Å². The van der Waals surface area contributed by atoms with E-state index in [1.807, 2.05) is 18.2 Å². The van der Waals surface area contributed by atoms with Crippen LogP contribution in [0.1, 0.15) is 18.3 Å². The Hall–Kier alpha value is -1.81. The van der Waals surface area contributed by atoms with E-state index in [1.165, 1.54) is 0 Å². The standard InChI is InChI=1S/C17H17BrN2O/c1-3-17-19-14-10-13(18)8-9-15(14)20(17)11-12-6-4-5-7-16(12)21-2/h4-10H,3,11H2,1-2H3. The van der Waals surface area contributed by atoms with E-state index in [2.05, 4.69) is 51.7 Å². The molecule has 1 aromatic heterocycles. The van der Waals surface area contributed by atoms with Gasteiger partial charge in [-0.15, -0.1) is 0 Å². The van der Waals surface area contributed by atoms with Gasteiger partial charge in [-0.3, -0.25) is 0 Å². The van der Waals surface area contributed by atoms with Crippen LogP contribution in [-0.2, 0) is 13.0 Å². The monoisotopic (exact) mass is 344 g/mol. The summed E-state index contributed by atoms with van der Waals surface area (Å²) < 4.78 is 8.78. The molecule has 0 aliphatic heterocycles. The number of aryl methyl sites for hydroxylation is 1. The van der Waals surface area contributed by atoms with Crippen LogP contribution in [0.3, 0.4) is 0 Å². The first-order valence-corrected chi connectivity index (χ1v) is 7.78. The van der Waals surface area contributed by atoms with E-state index >= 15 is 0 Å². The molecule has 0 atom stereocenters. The predicted octanol–water partition coefficient (Wildman–Crippen LogP) is 4.42. The second kappa shape index (κ2) is 5.90. The van der Waals surface area contributed by atoms with Crippen molar-refractivity contribution in [3.8, 4) is 5.75 Å². The number of ether oxygens (including phenoxy) is 1. The SMILES string of the molecule is CCc1nc2cc(Br)ccc2n1Cc1ccccc1OC. The zero-order valence-corrected chi connectivity index (χ0v) is 13.7. The largest absolute Gasteiger partial charge is 0.496 e. The van der Waals surface area contributed by atoms with Crippen LogP contribution in [0.15, 0.2) is 46.9 Å². The van der Waals surface area contributed by atoms with Gasteiger partial charge in [-0.05, 0) is 24.3 Å². The number of halogens is 1. The molecule has 1 heterocycles. The molecular weight excluding hydrogens is 328 g/mol. The Kier molecular flexibility index (Phi) is 3.97. The van der Waals surface area contributed by atoms with Gasteiger partial charge in [-0.2, -0.15) is 0 Å². The number of nitrogens with zero attached hydrogens (tertiary/aromatic N) is 2. The van der Waals surface area contributed by atoms with Crippen LogP contribution in [0.4, 0.5) is 0 Å². The van der Waals surface area contributed by atoms with E-state index in [0.29, 0.717) is 0 Å². The van der Waals surface area contributed by atoms with E-state index < -0.39 is 0 Å². The summed E-state index contributed by atoms with van der Waals surface area (Å²) in [7, 11) is 1.71. The smallest absolute Gasteiger partial charge is 0.123 e. The molecule has 0 fully saturated rings. The number of aromatic nitrogens is 2. The van der Waals surface area contributed by atoms with Crippen molar-refractivity contribution in [2.45, 2.75) is 19.9 Å². The Morgan fingerprint density at radius 1 is 1.19 bits per heavy atom. The van der Waals surface area contributed by atoms with Crippen LogP contribution in [0.2, 0.25) is 0 Å². The van der Waals surface area contributed by atoms with Crippen molar-refractivity contribution in [2.24, 2.45) is 0 Å². The Balaban J connectivity index is 2.11. The molecule has 0 amide bonds. The lowest BCUT2D eigenvalue weighted by Gasteiger charge is -2.12. The molecule has 3 aromatic rings. The zero-order valence-electron chi connectivity index (χ0n) is 12.1. The van der Waals surface area contributed by atoms with Crippen LogP contribution in [0, 0.1) is 0 Å². The summed E-state index contributed by atoms with van der Waals surface area (Å²) in [6.07, 6.45) is 0.904. The first-order valence-electron chi connectivity index (χ1n) is 6.99.